The number of rotatable bonds is 10. The molecule has 126 valence electrons. The normalized spacial score (nSPS) is 16.8. The zero-order chi connectivity index (χ0) is 14.7. The van der Waals surface area contributed by atoms with Gasteiger partial charge in [0.1, 0.15) is 0 Å². The second kappa shape index (κ2) is 12.8. The van der Waals surface area contributed by atoms with Crippen molar-refractivity contribution in [1.29, 1.82) is 0 Å². The molecule has 0 amide bonds. The van der Waals surface area contributed by atoms with Gasteiger partial charge < -0.3 is 15.4 Å². The molecule has 0 aliphatic heterocycles. The Morgan fingerprint density at radius 3 is 2.57 bits per heavy atom. The lowest BCUT2D eigenvalue weighted by Gasteiger charge is -2.42. The highest BCUT2D eigenvalue weighted by atomic mass is 127. The van der Waals surface area contributed by atoms with Gasteiger partial charge in [-0.3, -0.25) is 4.99 Å². The summed E-state index contributed by atoms with van der Waals surface area (Å²) in [7, 11) is 3.63. The fourth-order valence-electron chi connectivity index (χ4n) is 2.58. The molecule has 0 atom stereocenters. The summed E-state index contributed by atoms with van der Waals surface area (Å²) in [6, 6.07) is 0. The van der Waals surface area contributed by atoms with Crippen LogP contribution in [-0.2, 0) is 4.74 Å². The van der Waals surface area contributed by atoms with Crippen molar-refractivity contribution < 1.29 is 4.74 Å². The number of aliphatic imine (C=N–C) groups is 1. The zero-order valence-corrected chi connectivity index (χ0v) is 16.9. The molecule has 0 spiro atoms. The molecule has 1 saturated carbocycles. The van der Waals surface area contributed by atoms with Gasteiger partial charge in [0.15, 0.2) is 5.96 Å². The lowest BCUT2D eigenvalue weighted by Crippen LogP contribution is -2.47. The summed E-state index contributed by atoms with van der Waals surface area (Å²) in [6.45, 7) is 2.88. The molecular formula is C15H32IN3OS. The molecule has 1 rings (SSSR count). The second-order valence-electron chi connectivity index (χ2n) is 5.65. The number of thioether (sulfide) groups is 1. The van der Waals surface area contributed by atoms with Crippen molar-refractivity contribution in [2.75, 3.05) is 45.9 Å². The van der Waals surface area contributed by atoms with Gasteiger partial charge in [-0.05, 0) is 49.5 Å². The third-order valence-corrected chi connectivity index (χ3v) is 4.87. The molecule has 1 aliphatic rings. The Morgan fingerprint density at radius 1 is 1.29 bits per heavy atom. The molecule has 0 unspecified atom stereocenters. The van der Waals surface area contributed by atoms with E-state index in [0.717, 1.165) is 32.1 Å². The molecular weight excluding hydrogens is 397 g/mol. The number of halogens is 1. The number of hydrogen-bond donors (Lipinski definition) is 2. The van der Waals surface area contributed by atoms with Gasteiger partial charge in [0.05, 0.1) is 0 Å². The number of methoxy groups -OCH3 is 1. The summed E-state index contributed by atoms with van der Waals surface area (Å²) in [6.07, 6.45) is 9.76. The maximum absolute atomic E-state index is 5.23. The van der Waals surface area contributed by atoms with Crippen LogP contribution in [0.3, 0.4) is 0 Å². The van der Waals surface area contributed by atoms with E-state index in [9.17, 15) is 0 Å². The topological polar surface area (TPSA) is 45.7 Å². The Morgan fingerprint density at radius 2 is 2.05 bits per heavy atom. The van der Waals surface area contributed by atoms with E-state index in [1.165, 1.54) is 37.9 Å². The van der Waals surface area contributed by atoms with E-state index in [4.69, 9.17) is 4.74 Å². The quantitative estimate of drug-likeness (QED) is 0.243. The minimum absolute atomic E-state index is 0. The van der Waals surface area contributed by atoms with Crippen molar-refractivity contribution in [2.24, 2.45) is 10.4 Å². The smallest absolute Gasteiger partial charge is 0.190 e. The second-order valence-corrected chi connectivity index (χ2v) is 6.63. The fraction of sp³-hybridized carbons (Fsp3) is 0.933. The summed E-state index contributed by atoms with van der Waals surface area (Å²) in [4.78, 5) is 4.31. The number of ether oxygens (including phenoxy) is 1. The van der Waals surface area contributed by atoms with E-state index < -0.39 is 0 Å². The summed E-state index contributed by atoms with van der Waals surface area (Å²) >= 11 is 1.91. The van der Waals surface area contributed by atoms with E-state index >= 15 is 0 Å². The van der Waals surface area contributed by atoms with Crippen LogP contribution in [0.25, 0.3) is 0 Å². The third kappa shape index (κ3) is 8.50. The highest BCUT2D eigenvalue weighted by molar-refractivity contribution is 14.0. The standard InChI is InChI=1S/C15H31N3OS.HI/c1-16-14(17-10-4-5-12-20-3)18-13-15(7-6-8-15)9-11-19-2;/h4-13H2,1-3H3,(H2,16,17,18);1H. The molecule has 4 nitrogen and oxygen atoms in total. The predicted molar refractivity (Wildman–Crippen MR) is 105 cm³/mol. The van der Waals surface area contributed by atoms with Crippen LogP contribution >= 0.6 is 35.7 Å². The third-order valence-electron chi connectivity index (χ3n) is 4.17. The van der Waals surface area contributed by atoms with Crippen molar-refractivity contribution in [3.8, 4) is 0 Å². The van der Waals surface area contributed by atoms with Crippen molar-refractivity contribution in [3.63, 3.8) is 0 Å². The summed E-state index contributed by atoms with van der Waals surface area (Å²) in [5, 5.41) is 6.89. The molecule has 0 heterocycles. The minimum Gasteiger partial charge on any atom is -0.385 e. The number of nitrogens with one attached hydrogen (secondary N) is 2. The maximum atomic E-state index is 5.23. The van der Waals surface area contributed by atoms with E-state index in [1.54, 1.807) is 7.11 Å². The van der Waals surface area contributed by atoms with Crippen molar-refractivity contribution in [2.45, 2.75) is 38.5 Å². The monoisotopic (exact) mass is 429 g/mol. The average molecular weight is 429 g/mol. The van der Waals surface area contributed by atoms with E-state index in [-0.39, 0.29) is 24.0 Å². The molecule has 2 N–H and O–H groups in total. The van der Waals surface area contributed by atoms with Gasteiger partial charge in [0.25, 0.3) is 0 Å². The molecule has 6 heteroatoms. The SMILES string of the molecule is CN=C(NCCCCSC)NCC1(CCOC)CCC1.I. The van der Waals surface area contributed by atoms with Crippen LogP contribution in [0.4, 0.5) is 0 Å². The lowest BCUT2D eigenvalue weighted by molar-refractivity contribution is 0.0732. The molecule has 1 fully saturated rings. The Labute approximate surface area is 151 Å². The van der Waals surface area contributed by atoms with Gasteiger partial charge in [0.2, 0.25) is 0 Å². The molecule has 21 heavy (non-hydrogen) atoms. The maximum Gasteiger partial charge on any atom is 0.190 e. The molecule has 1 aliphatic carbocycles. The Bertz CT molecular complexity index is 286. The first-order valence-electron chi connectivity index (χ1n) is 7.69. The minimum atomic E-state index is 0. The van der Waals surface area contributed by atoms with Gasteiger partial charge in [-0.25, -0.2) is 0 Å². The Hall–Kier alpha value is 0.310. The van der Waals surface area contributed by atoms with Gasteiger partial charge >= 0.3 is 0 Å². The summed E-state index contributed by atoms with van der Waals surface area (Å²) in [5.41, 5.74) is 0.437. The van der Waals surface area contributed by atoms with Crippen LogP contribution in [0.1, 0.15) is 38.5 Å². The Balaban J connectivity index is 0.00000400. The largest absolute Gasteiger partial charge is 0.385 e. The Kier molecular flexibility index (Phi) is 13.0. The summed E-state index contributed by atoms with van der Waals surface area (Å²) in [5.74, 6) is 2.19. The van der Waals surface area contributed by atoms with Gasteiger partial charge in [-0.15, -0.1) is 24.0 Å². The first kappa shape index (κ1) is 21.3. The molecule has 0 saturated heterocycles. The highest BCUT2D eigenvalue weighted by Gasteiger charge is 2.36. The van der Waals surface area contributed by atoms with Crippen LogP contribution < -0.4 is 10.6 Å². The van der Waals surface area contributed by atoms with Crippen LogP contribution in [0.5, 0.6) is 0 Å². The van der Waals surface area contributed by atoms with Gasteiger partial charge in [-0.1, -0.05) is 6.42 Å². The van der Waals surface area contributed by atoms with Crippen LogP contribution in [0, 0.1) is 5.41 Å². The number of guanidine groups is 1. The van der Waals surface area contributed by atoms with Crippen LogP contribution in [0.15, 0.2) is 4.99 Å². The fourth-order valence-corrected chi connectivity index (χ4v) is 3.07. The molecule has 0 aromatic heterocycles. The van der Waals surface area contributed by atoms with E-state index in [0.29, 0.717) is 5.41 Å². The molecule has 0 radical (unpaired) electrons. The van der Waals surface area contributed by atoms with Crippen LogP contribution in [-0.4, -0.2) is 51.8 Å². The molecule has 0 bridgehead atoms. The lowest BCUT2D eigenvalue weighted by atomic mass is 9.67. The van der Waals surface area contributed by atoms with Crippen molar-refractivity contribution in [3.05, 3.63) is 0 Å². The van der Waals surface area contributed by atoms with E-state index in [2.05, 4.69) is 21.9 Å². The van der Waals surface area contributed by atoms with Gasteiger partial charge in [0, 0.05) is 33.9 Å². The average Bonchev–Trinajstić information content (AvgIpc) is 2.43. The summed E-state index contributed by atoms with van der Waals surface area (Å²) < 4.78 is 5.23. The first-order valence-corrected chi connectivity index (χ1v) is 9.08. The van der Waals surface area contributed by atoms with Crippen LogP contribution in [0.2, 0.25) is 0 Å². The number of unbranched alkanes of at least 4 members (excludes halogenated alkanes) is 1. The number of nitrogens with zero attached hydrogens (tertiary/aromatic N) is 1. The van der Waals surface area contributed by atoms with Crippen molar-refractivity contribution in [1.82, 2.24) is 10.6 Å². The predicted octanol–water partition coefficient (Wildman–Crippen LogP) is 3.12. The van der Waals surface area contributed by atoms with Gasteiger partial charge in [-0.2, -0.15) is 11.8 Å². The molecule has 0 aromatic rings. The highest BCUT2D eigenvalue weighted by Crippen LogP contribution is 2.43. The zero-order valence-electron chi connectivity index (χ0n) is 13.7. The number of hydrogen-bond acceptors (Lipinski definition) is 3. The van der Waals surface area contributed by atoms with E-state index in [1.807, 2.05) is 18.8 Å². The van der Waals surface area contributed by atoms with Crippen molar-refractivity contribution >= 4 is 41.7 Å². The molecule has 0 aromatic carbocycles. The first-order chi connectivity index (χ1) is 9.76.